The Morgan fingerprint density at radius 3 is 2.34 bits per heavy atom. The summed E-state index contributed by atoms with van der Waals surface area (Å²) in [4.78, 5) is 36.0. The summed E-state index contributed by atoms with van der Waals surface area (Å²) in [5.74, 6) is -1.85. The van der Waals surface area contributed by atoms with Gasteiger partial charge in [0.1, 0.15) is 23.7 Å². The third-order valence-electron chi connectivity index (χ3n) is 5.57. The maximum Gasteiger partial charge on any atom is 0.316 e. The predicted octanol–water partition coefficient (Wildman–Crippen LogP) is 3.80. The van der Waals surface area contributed by atoms with Crippen molar-refractivity contribution in [2.45, 2.75) is 44.2 Å². The van der Waals surface area contributed by atoms with Crippen molar-refractivity contribution in [1.29, 1.82) is 0 Å². The number of esters is 1. The summed E-state index contributed by atoms with van der Waals surface area (Å²) in [5, 5.41) is 3.19. The van der Waals surface area contributed by atoms with Crippen molar-refractivity contribution >= 4 is 40.9 Å². The fourth-order valence-corrected chi connectivity index (χ4v) is 3.74. The van der Waals surface area contributed by atoms with Crippen LogP contribution in [0.3, 0.4) is 0 Å². The molecule has 3 N–H and O–H groups in total. The molecule has 3 rings (SSSR count). The van der Waals surface area contributed by atoms with Crippen LogP contribution in [0, 0.1) is 5.82 Å². The van der Waals surface area contributed by atoms with E-state index in [9.17, 15) is 18.8 Å². The van der Waals surface area contributed by atoms with Crippen LogP contribution in [-0.2, 0) is 24.5 Å². The highest BCUT2D eigenvalue weighted by Gasteiger charge is 2.54. The van der Waals surface area contributed by atoms with Crippen LogP contribution in [0.25, 0.3) is 11.1 Å². The monoisotopic (exact) mass is 480 g/mol. The average molecular weight is 481 g/mol. The molecule has 170 valence electrons. The van der Waals surface area contributed by atoms with Crippen LogP contribution in [0.15, 0.2) is 36.4 Å². The number of benzene rings is 2. The molecule has 32 heavy (non-hydrogen) atoms. The Morgan fingerprint density at radius 1 is 1.12 bits per heavy atom. The first-order valence-electron chi connectivity index (χ1n) is 10.0. The summed E-state index contributed by atoms with van der Waals surface area (Å²) in [6.45, 7) is 2.49. The number of nitrogens with two attached hydrogens (primary N) is 1. The van der Waals surface area contributed by atoms with E-state index in [-0.39, 0.29) is 18.2 Å². The minimum absolute atomic E-state index is 0.0947. The number of rotatable bonds is 8. The zero-order chi connectivity index (χ0) is 23.6. The number of ketones is 1. The number of hydrogen-bond donors (Lipinski definition) is 2. The number of nitrogens with one attached hydrogen (secondary N) is 1. The third kappa shape index (κ3) is 5.11. The van der Waals surface area contributed by atoms with Crippen LogP contribution in [-0.4, -0.2) is 36.4 Å². The van der Waals surface area contributed by atoms with Crippen molar-refractivity contribution in [2.24, 2.45) is 5.73 Å². The van der Waals surface area contributed by atoms with Gasteiger partial charge >= 0.3 is 5.97 Å². The average Bonchev–Trinajstić information content (AvgIpc) is 3.54. The van der Waals surface area contributed by atoms with E-state index in [1.807, 2.05) is 0 Å². The summed E-state index contributed by atoms with van der Waals surface area (Å²) in [6, 6.07) is 8.27. The van der Waals surface area contributed by atoms with E-state index >= 15 is 0 Å². The molecule has 6 nitrogen and oxygen atoms in total. The molecule has 9 heteroatoms. The Morgan fingerprint density at radius 2 is 1.81 bits per heavy atom. The molecular formula is C23H23Cl2FN2O4. The van der Waals surface area contributed by atoms with Crippen molar-refractivity contribution in [2.75, 3.05) is 6.54 Å². The second kappa shape index (κ2) is 9.57. The van der Waals surface area contributed by atoms with E-state index in [1.54, 1.807) is 30.3 Å². The quantitative estimate of drug-likeness (QED) is 0.559. The topological polar surface area (TPSA) is 98.5 Å². The van der Waals surface area contributed by atoms with Gasteiger partial charge in [0, 0.05) is 12.5 Å². The number of carbonyl (C=O) groups excluding carboxylic acids is 3. The van der Waals surface area contributed by atoms with Gasteiger partial charge in [0.2, 0.25) is 5.91 Å². The van der Waals surface area contributed by atoms with E-state index in [0.717, 1.165) is 0 Å². The van der Waals surface area contributed by atoms with Gasteiger partial charge in [-0.3, -0.25) is 14.4 Å². The van der Waals surface area contributed by atoms with Gasteiger partial charge in [-0.2, -0.15) is 0 Å². The highest BCUT2D eigenvalue weighted by Crippen LogP contribution is 2.50. The van der Waals surface area contributed by atoms with Crippen molar-refractivity contribution in [3.05, 3.63) is 57.8 Å². The summed E-state index contributed by atoms with van der Waals surface area (Å²) < 4.78 is 20.5. The molecule has 1 fully saturated rings. The Hall–Kier alpha value is -2.48. The SMILES string of the molecule is CC(=O)NCC(OC(=O)C1(c2ccc(-c3ccc(Cl)c(Cl)c3)c(F)c2)CC1)C(N)C(C)=O. The summed E-state index contributed by atoms with van der Waals surface area (Å²) >= 11 is 12.0. The largest absolute Gasteiger partial charge is 0.458 e. The molecule has 2 aromatic carbocycles. The lowest BCUT2D eigenvalue weighted by Crippen LogP contribution is -2.50. The molecule has 1 aliphatic rings. The molecule has 0 bridgehead atoms. The lowest BCUT2D eigenvalue weighted by atomic mass is 9.93. The lowest BCUT2D eigenvalue weighted by molar-refractivity contribution is -0.154. The first kappa shape index (κ1) is 24.2. The first-order chi connectivity index (χ1) is 15.0. The zero-order valence-corrected chi connectivity index (χ0v) is 19.1. The fraction of sp³-hybridized carbons (Fsp3) is 0.348. The predicted molar refractivity (Wildman–Crippen MR) is 120 cm³/mol. The third-order valence-corrected chi connectivity index (χ3v) is 6.31. The Kier molecular flexibility index (Phi) is 7.22. The second-order valence-electron chi connectivity index (χ2n) is 7.92. The minimum atomic E-state index is -1.09. The first-order valence-corrected chi connectivity index (χ1v) is 10.8. The van der Waals surface area contributed by atoms with Gasteiger partial charge in [-0.05, 0) is 49.1 Å². The van der Waals surface area contributed by atoms with Gasteiger partial charge < -0.3 is 15.8 Å². The number of halogens is 3. The number of hydrogen-bond acceptors (Lipinski definition) is 5. The highest BCUT2D eigenvalue weighted by atomic mass is 35.5. The van der Waals surface area contributed by atoms with Crippen LogP contribution in [0.4, 0.5) is 4.39 Å². The summed E-state index contributed by atoms with van der Waals surface area (Å²) in [5.41, 5.74) is 6.20. The molecule has 1 aliphatic carbocycles. The molecule has 1 saturated carbocycles. The van der Waals surface area contributed by atoms with Gasteiger partial charge in [-0.25, -0.2) is 4.39 Å². The van der Waals surface area contributed by atoms with Gasteiger partial charge in [0.15, 0.2) is 0 Å². The maximum absolute atomic E-state index is 15.0. The Bertz CT molecular complexity index is 1070. The van der Waals surface area contributed by atoms with Crippen molar-refractivity contribution in [1.82, 2.24) is 5.32 Å². The number of carbonyl (C=O) groups is 3. The normalized spacial score (nSPS) is 16.1. The number of ether oxygens (including phenoxy) is 1. The Labute approximate surface area is 195 Å². The Balaban J connectivity index is 1.83. The van der Waals surface area contributed by atoms with Crippen molar-refractivity contribution in [3.8, 4) is 11.1 Å². The standard InChI is InChI=1S/C23H23Cl2FN2O4/c1-12(29)21(27)20(11-28-13(2)30)32-22(31)23(7-8-23)15-4-5-16(19(26)10-15)14-3-6-17(24)18(25)9-14/h3-6,9-10,20-21H,7-8,11,27H2,1-2H3,(H,28,30). The van der Waals surface area contributed by atoms with Crippen LogP contribution in [0.2, 0.25) is 10.0 Å². The molecule has 0 heterocycles. The van der Waals surface area contributed by atoms with Crippen molar-refractivity contribution < 1.29 is 23.5 Å². The van der Waals surface area contributed by atoms with Gasteiger partial charge in [0.05, 0.1) is 22.0 Å². The molecule has 1 amide bonds. The molecule has 2 atom stereocenters. The highest BCUT2D eigenvalue weighted by molar-refractivity contribution is 6.42. The van der Waals surface area contributed by atoms with E-state index < -0.39 is 29.3 Å². The van der Waals surface area contributed by atoms with Crippen LogP contribution >= 0.6 is 23.2 Å². The maximum atomic E-state index is 15.0. The van der Waals surface area contributed by atoms with E-state index in [1.165, 1.54) is 19.9 Å². The number of amides is 1. The molecule has 0 aromatic heterocycles. The van der Waals surface area contributed by atoms with Gasteiger partial charge in [0.25, 0.3) is 0 Å². The summed E-state index contributed by atoms with van der Waals surface area (Å²) in [7, 11) is 0. The van der Waals surface area contributed by atoms with E-state index in [4.69, 9.17) is 33.7 Å². The molecule has 2 aromatic rings. The molecule has 0 radical (unpaired) electrons. The van der Waals surface area contributed by atoms with Gasteiger partial charge in [-0.1, -0.05) is 41.4 Å². The van der Waals surface area contributed by atoms with Crippen molar-refractivity contribution in [3.63, 3.8) is 0 Å². The lowest BCUT2D eigenvalue weighted by Gasteiger charge is -2.25. The molecule has 0 saturated heterocycles. The molecule has 0 spiro atoms. The fourth-order valence-electron chi connectivity index (χ4n) is 3.44. The van der Waals surface area contributed by atoms with E-state index in [2.05, 4.69) is 5.32 Å². The smallest absolute Gasteiger partial charge is 0.316 e. The van der Waals surface area contributed by atoms with Crippen LogP contribution in [0.5, 0.6) is 0 Å². The number of Topliss-reactive ketones (excluding diaryl/α,β-unsaturated/α-hetero) is 1. The molecule has 0 aliphatic heterocycles. The minimum Gasteiger partial charge on any atom is -0.458 e. The van der Waals surface area contributed by atoms with E-state index in [0.29, 0.717) is 39.6 Å². The molecule has 2 unspecified atom stereocenters. The zero-order valence-electron chi connectivity index (χ0n) is 17.6. The second-order valence-corrected chi connectivity index (χ2v) is 8.74. The molecular weight excluding hydrogens is 458 g/mol. The van der Waals surface area contributed by atoms with Crippen LogP contribution < -0.4 is 11.1 Å². The van der Waals surface area contributed by atoms with Crippen LogP contribution in [0.1, 0.15) is 32.3 Å². The summed E-state index contributed by atoms with van der Waals surface area (Å²) in [6.07, 6.45) is -0.0826. The van der Waals surface area contributed by atoms with Gasteiger partial charge in [-0.15, -0.1) is 0 Å².